The summed E-state index contributed by atoms with van der Waals surface area (Å²) in [5.74, 6) is 0.957. The zero-order chi connectivity index (χ0) is 8.55. The van der Waals surface area contributed by atoms with Crippen molar-refractivity contribution >= 4 is 16.7 Å². The molecule has 0 aliphatic rings. The van der Waals surface area contributed by atoms with Crippen molar-refractivity contribution in [2.24, 2.45) is 0 Å². The van der Waals surface area contributed by atoms with Crippen molar-refractivity contribution in [2.45, 2.75) is 6.92 Å². The van der Waals surface area contributed by atoms with E-state index in [1.807, 2.05) is 32.2 Å². The molecule has 1 aromatic heterocycles. The lowest BCUT2D eigenvalue weighted by atomic mass is 10.2. The van der Waals surface area contributed by atoms with Gasteiger partial charge in [0.15, 0.2) is 0 Å². The van der Waals surface area contributed by atoms with Crippen molar-refractivity contribution in [3.05, 3.63) is 30.0 Å². The fourth-order valence-electron chi connectivity index (χ4n) is 1.33. The molecule has 62 valence electrons. The molecule has 0 atom stereocenters. The maximum absolute atomic E-state index is 5.44. The predicted molar refractivity (Wildman–Crippen MR) is 50.5 cm³/mol. The second kappa shape index (κ2) is 2.55. The van der Waals surface area contributed by atoms with Crippen LogP contribution in [0.2, 0.25) is 0 Å². The van der Waals surface area contributed by atoms with Gasteiger partial charge in [0.05, 0.1) is 0 Å². The zero-order valence-electron chi connectivity index (χ0n) is 7.22. The third kappa shape index (κ3) is 1.05. The molecule has 2 heteroatoms. The van der Waals surface area contributed by atoms with Gasteiger partial charge in [-0.2, -0.15) is 0 Å². The van der Waals surface area contributed by atoms with Crippen LogP contribution >= 0.6 is 0 Å². The lowest BCUT2D eigenvalue weighted by Crippen LogP contribution is -1.85. The second-order valence-electron chi connectivity index (χ2n) is 2.86. The molecular weight excluding hydrogens is 150 g/mol. The van der Waals surface area contributed by atoms with Gasteiger partial charge in [0, 0.05) is 18.1 Å². The maximum atomic E-state index is 5.44. The molecule has 12 heavy (non-hydrogen) atoms. The van der Waals surface area contributed by atoms with Crippen LogP contribution in [-0.2, 0) is 0 Å². The van der Waals surface area contributed by atoms with Gasteiger partial charge in [-0.05, 0) is 31.2 Å². The molecule has 1 heterocycles. The first-order valence-electron chi connectivity index (χ1n) is 3.97. The molecule has 0 aliphatic heterocycles. The quantitative estimate of drug-likeness (QED) is 0.695. The summed E-state index contributed by atoms with van der Waals surface area (Å²) in [6.07, 6.45) is 0. The third-order valence-electron chi connectivity index (χ3n) is 1.93. The molecule has 2 aromatic rings. The van der Waals surface area contributed by atoms with Gasteiger partial charge >= 0.3 is 0 Å². The molecule has 0 saturated carbocycles. The fourth-order valence-corrected chi connectivity index (χ4v) is 1.33. The molecule has 0 saturated heterocycles. The van der Waals surface area contributed by atoms with Crippen LogP contribution in [0.15, 0.2) is 28.7 Å². The van der Waals surface area contributed by atoms with Crippen molar-refractivity contribution in [1.29, 1.82) is 0 Å². The fraction of sp³-hybridized carbons (Fsp3) is 0.200. The minimum atomic E-state index is 0.950. The summed E-state index contributed by atoms with van der Waals surface area (Å²) in [4.78, 5) is 0. The standard InChI is InChI=1S/C10H11NO/c1-7-5-8-6-9(11-2)3-4-10(8)12-7/h3-6,11H,1-2H3. The van der Waals surface area contributed by atoms with E-state index >= 15 is 0 Å². The number of fused-ring (bicyclic) bond motifs is 1. The molecule has 2 rings (SSSR count). The van der Waals surface area contributed by atoms with E-state index in [1.165, 1.54) is 0 Å². The van der Waals surface area contributed by atoms with Crippen LogP contribution < -0.4 is 5.32 Å². The van der Waals surface area contributed by atoms with Crippen molar-refractivity contribution < 1.29 is 4.42 Å². The third-order valence-corrected chi connectivity index (χ3v) is 1.93. The summed E-state index contributed by atoms with van der Waals surface area (Å²) in [5, 5.41) is 4.24. The highest BCUT2D eigenvalue weighted by Crippen LogP contribution is 2.21. The highest BCUT2D eigenvalue weighted by Gasteiger charge is 1.99. The Balaban J connectivity index is 2.66. The summed E-state index contributed by atoms with van der Waals surface area (Å²) < 4.78 is 5.44. The second-order valence-corrected chi connectivity index (χ2v) is 2.86. The lowest BCUT2D eigenvalue weighted by Gasteiger charge is -1.96. The minimum absolute atomic E-state index is 0.950. The minimum Gasteiger partial charge on any atom is -0.461 e. The number of hydrogen-bond acceptors (Lipinski definition) is 2. The van der Waals surface area contributed by atoms with Crippen molar-refractivity contribution in [1.82, 2.24) is 0 Å². The molecule has 0 spiro atoms. The van der Waals surface area contributed by atoms with Gasteiger partial charge in [-0.1, -0.05) is 0 Å². The molecule has 0 fully saturated rings. The number of benzene rings is 1. The first-order valence-corrected chi connectivity index (χ1v) is 3.97. The number of rotatable bonds is 1. The van der Waals surface area contributed by atoms with Gasteiger partial charge in [0.1, 0.15) is 11.3 Å². The van der Waals surface area contributed by atoms with E-state index in [2.05, 4.69) is 11.4 Å². The number of anilines is 1. The molecule has 1 aromatic carbocycles. The molecule has 0 bridgehead atoms. The van der Waals surface area contributed by atoms with Crippen LogP contribution in [0.3, 0.4) is 0 Å². The van der Waals surface area contributed by atoms with Gasteiger partial charge in [-0.3, -0.25) is 0 Å². The topological polar surface area (TPSA) is 25.2 Å². The Bertz CT molecular complexity index is 403. The Labute approximate surface area is 71.2 Å². The van der Waals surface area contributed by atoms with Gasteiger partial charge in [0.2, 0.25) is 0 Å². The highest BCUT2D eigenvalue weighted by atomic mass is 16.3. The lowest BCUT2D eigenvalue weighted by molar-refractivity contribution is 0.578. The average Bonchev–Trinajstić information content (AvgIpc) is 2.43. The monoisotopic (exact) mass is 161 g/mol. The van der Waals surface area contributed by atoms with E-state index < -0.39 is 0 Å². The van der Waals surface area contributed by atoms with Gasteiger partial charge in [0.25, 0.3) is 0 Å². The normalized spacial score (nSPS) is 10.5. The number of furan rings is 1. The van der Waals surface area contributed by atoms with Crippen molar-refractivity contribution in [2.75, 3.05) is 12.4 Å². The van der Waals surface area contributed by atoms with E-state index in [0.717, 1.165) is 22.4 Å². The predicted octanol–water partition coefficient (Wildman–Crippen LogP) is 2.78. The molecular formula is C10H11NO. The van der Waals surface area contributed by atoms with Crippen LogP contribution in [0.5, 0.6) is 0 Å². The Kier molecular flexibility index (Phi) is 1.54. The molecule has 0 amide bonds. The van der Waals surface area contributed by atoms with Crippen molar-refractivity contribution in [3.63, 3.8) is 0 Å². The van der Waals surface area contributed by atoms with Gasteiger partial charge < -0.3 is 9.73 Å². The molecule has 1 N–H and O–H groups in total. The van der Waals surface area contributed by atoms with E-state index in [-0.39, 0.29) is 0 Å². The Hall–Kier alpha value is -1.44. The number of nitrogens with one attached hydrogen (secondary N) is 1. The summed E-state index contributed by atoms with van der Waals surface area (Å²) in [7, 11) is 1.91. The first-order chi connectivity index (χ1) is 5.79. The summed E-state index contributed by atoms with van der Waals surface area (Å²) in [6.45, 7) is 1.96. The van der Waals surface area contributed by atoms with Crippen LogP contribution in [0.25, 0.3) is 11.0 Å². The van der Waals surface area contributed by atoms with Crippen LogP contribution in [0.4, 0.5) is 5.69 Å². The zero-order valence-corrected chi connectivity index (χ0v) is 7.22. The Morgan fingerprint density at radius 1 is 1.25 bits per heavy atom. The Morgan fingerprint density at radius 2 is 2.08 bits per heavy atom. The summed E-state index contributed by atoms with van der Waals surface area (Å²) in [5.41, 5.74) is 2.06. The van der Waals surface area contributed by atoms with Crippen LogP contribution in [-0.4, -0.2) is 7.05 Å². The van der Waals surface area contributed by atoms with E-state index in [4.69, 9.17) is 4.42 Å². The summed E-state index contributed by atoms with van der Waals surface area (Å²) in [6, 6.07) is 8.10. The van der Waals surface area contributed by atoms with Crippen LogP contribution in [0.1, 0.15) is 5.76 Å². The van der Waals surface area contributed by atoms with Crippen LogP contribution in [0, 0.1) is 6.92 Å². The van der Waals surface area contributed by atoms with Gasteiger partial charge in [-0.15, -0.1) is 0 Å². The molecule has 2 nitrogen and oxygen atoms in total. The maximum Gasteiger partial charge on any atom is 0.134 e. The van der Waals surface area contributed by atoms with Gasteiger partial charge in [-0.25, -0.2) is 0 Å². The highest BCUT2D eigenvalue weighted by molar-refractivity contribution is 5.81. The number of hydrogen-bond donors (Lipinski definition) is 1. The smallest absolute Gasteiger partial charge is 0.134 e. The average molecular weight is 161 g/mol. The molecule has 0 radical (unpaired) electrons. The summed E-state index contributed by atoms with van der Waals surface area (Å²) >= 11 is 0. The Morgan fingerprint density at radius 3 is 2.83 bits per heavy atom. The largest absolute Gasteiger partial charge is 0.461 e. The van der Waals surface area contributed by atoms with E-state index in [1.54, 1.807) is 0 Å². The van der Waals surface area contributed by atoms with E-state index in [9.17, 15) is 0 Å². The van der Waals surface area contributed by atoms with Crippen molar-refractivity contribution in [3.8, 4) is 0 Å². The first kappa shape index (κ1) is 7.22. The van der Waals surface area contributed by atoms with E-state index in [0.29, 0.717) is 0 Å². The molecule has 0 unspecified atom stereocenters. The number of aryl methyl sites for hydroxylation is 1. The molecule has 0 aliphatic carbocycles. The SMILES string of the molecule is CNc1ccc2oc(C)cc2c1.